The molecule has 1 aliphatic rings. The fraction of sp³-hybridized carbons (Fsp3) is 0.583. The molecule has 0 unspecified atom stereocenters. The lowest BCUT2D eigenvalue weighted by Gasteiger charge is -2.32. The maximum Gasteiger partial charge on any atom is 0.289 e. The van der Waals surface area contributed by atoms with Gasteiger partial charge in [-0.2, -0.15) is 0 Å². The number of piperidine rings is 1. The van der Waals surface area contributed by atoms with Crippen molar-refractivity contribution in [2.75, 3.05) is 25.9 Å². The van der Waals surface area contributed by atoms with E-state index in [1.807, 2.05) is 0 Å². The summed E-state index contributed by atoms with van der Waals surface area (Å²) < 4.78 is 29.7. The topological polar surface area (TPSA) is 79.6 Å². The Hall–Kier alpha value is -1.34. The standard InChI is InChI=1S/C12H18N2O4S/c1-19(16,17)13-8-10-4-2-6-14(9-10)12(15)11-5-3-7-18-11/h3,5,7,10,13H,2,4,6,8-9H2,1H3/t10-/m0/s1. The molecule has 0 spiro atoms. The number of hydrogen-bond donors (Lipinski definition) is 1. The summed E-state index contributed by atoms with van der Waals surface area (Å²) >= 11 is 0. The average molecular weight is 286 g/mol. The van der Waals surface area contributed by atoms with Gasteiger partial charge in [-0.1, -0.05) is 0 Å². The number of sulfonamides is 1. The second-order valence-corrected chi connectivity index (χ2v) is 6.69. The zero-order chi connectivity index (χ0) is 13.9. The molecule has 2 heterocycles. The SMILES string of the molecule is CS(=O)(=O)NC[C@@H]1CCCN(C(=O)c2ccco2)C1. The molecule has 1 amide bonds. The number of nitrogens with zero attached hydrogens (tertiary/aromatic N) is 1. The smallest absolute Gasteiger partial charge is 0.289 e. The molecule has 1 N–H and O–H groups in total. The number of furan rings is 1. The van der Waals surface area contributed by atoms with Gasteiger partial charge >= 0.3 is 0 Å². The van der Waals surface area contributed by atoms with E-state index < -0.39 is 10.0 Å². The zero-order valence-electron chi connectivity index (χ0n) is 10.8. The van der Waals surface area contributed by atoms with E-state index in [2.05, 4.69) is 4.72 Å². The van der Waals surface area contributed by atoms with Crippen molar-refractivity contribution >= 4 is 15.9 Å². The van der Waals surface area contributed by atoms with E-state index in [0.717, 1.165) is 19.1 Å². The molecule has 2 rings (SSSR count). The highest BCUT2D eigenvalue weighted by atomic mass is 32.2. The summed E-state index contributed by atoms with van der Waals surface area (Å²) in [6.45, 7) is 1.62. The van der Waals surface area contributed by atoms with Gasteiger partial charge < -0.3 is 9.32 Å². The van der Waals surface area contributed by atoms with Crippen molar-refractivity contribution in [1.82, 2.24) is 9.62 Å². The number of likely N-dealkylation sites (tertiary alicyclic amines) is 1. The van der Waals surface area contributed by atoms with Crippen LogP contribution in [-0.2, 0) is 10.0 Å². The summed E-state index contributed by atoms with van der Waals surface area (Å²) in [5.74, 6) is 0.355. The van der Waals surface area contributed by atoms with Gasteiger partial charge in [0.2, 0.25) is 10.0 Å². The highest BCUT2D eigenvalue weighted by Crippen LogP contribution is 2.18. The maximum absolute atomic E-state index is 12.1. The van der Waals surface area contributed by atoms with Crippen LogP contribution in [0.1, 0.15) is 23.4 Å². The van der Waals surface area contributed by atoms with Crippen molar-refractivity contribution in [2.24, 2.45) is 5.92 Å². The Labute approximate surface area is 112 Å². The van der Waals surface area contributed by atoms with Crippen LogP contribution in [0.25, 0.3) is 0 Å². The van der Waals surface area contributed by atoms with Crippen LogP contribution in [0, 0.1) is 5.92 Å². The van der Waals surface area contributed by atoms with Crippen LogP contribution in [0.2, 0.25) is 0 Å². The summed E-state index contributed by atoms with van der Waals surface area (Å²) in [5, 5.41) is 0. The molecule has 106 valence electrons. The van der Waals surface area contributed by atoms with E-state index in [-0.39, 0.29) is 11.8 Å². The molecule has 0 saturated carbocycles. The molecule has 0 aromatic carbocycles. The van der Waals surface area contributed by atoms with Crippen LogP contribution >= 0.6 is 0 Å². The minimum Gasteiger partial charge on any atom is -0.459 e. The quantitative estimate of drug-likeness (QED) is 0.882. The number of nitrogens with one attached hydrogen (secondary N) is 1. The number of amides is 1. The molecule has 0 aliphatic carbocycles. The molecule has 7 heteroatoms. The van der Waals surface area contributed by atoms with Gasteiger partial charge in [0.1, 0.15) is 0 Å². The second kappa shape index (κ2) is 5.75. The normalized spacial score (nSPS) is 20.5. The van der Waals surface area contributed by atoms with E-state index in [1.165, 1.54) is 6.26 Å². The van der Waals surface area contributed by atoms with Gasteiger partial charge in [-0.05, 0) is 30.9 Å². The zero-order valence-corrected chi connectivity index (χ0v) is 11.6. The molecule has 1 atom stereocenters. The predicted molar refractivity (Wildman–Crippen MR) is 70.2 cm³/mol. The second-order valence-electron chi connectivity index (χ2n) is 4.86. The van der Waals surface area contributed by atoms with Crippen LogP contribution < -0.4 is 4.72 Å². The van der Waals surface area contributed by atoms with Crippen molar-refractivity contribution in [1.29, 1.82) is 0 Å². The largest absolute Gasteiger partial charge is 0.459 e. The van der Waals surface area contributed by atoms with E-state index in [1.54, 1.807) is 17.0 Å². The molecular weight excluding hydrogens is 268 g/mol. The Morgan fingerprint density at radius 2 is 2.37 bits per heavy atom. The van der Waals surface area contributed by atoms with Gasteiger partial charge in [-0.15, -0.1) is 0 Å². The Kier molecular flexibility index (Phi) is 4.26. The van der Waals surface area contributed by atoms with Crippen LogP contribution in [0.15, 0.2) is 22.8 Å². The minimum absolute atomic E-state index is 0.131. The predicted octanol–water partition coefficient (Wildman–Crippen LogP) is 0.681. The Balaban J connectivity index is 1.92. The molecule has 6 nitrogen and oxygen atoms in total. The lowest BCUT2D eigenvalue weighted by Crippen LogP contribution is -2.43. The van der Waals surface area contributed by atoms with Crippen molar-refractivity contribution < 1.29 is 17.6 Å². The van der Waals surface area contributed by atoms with Crippen LogP contribution in [0.4, 0.5) is 0 Å². The molecule has 19 heavy (non-hydrogen) atoms. The van der Waals surface area contributed by atoms with Gasteiger partial charge in [-0.25, -0.2) is 13.1 Å². The summed E-state index contributed by atoms with van der Waals surface area (Å²) in [7, 11) is -3.18. The van der Waals surface area contributed by atoms with Crippen LogP contribution in [0.5, 0.6) is 0 Å². The molecule has 1 fully saturated rings. The van der Waals surface area contributed by atoms with Crippen LogP contribution in [0.3, 0.4) is 0 Å². The van der Waals surface area contributed by atoms with Crippen molar-refractivity contribution in [3.63, 3.8) is 0 Å². The van der Waals surface area contributed by atoms with Gasteiger partial charge in [0, 0.05) is 19.6 Å². The number of carbonyl (C=O) groups excluding carboxylic acids is 1. The lowest BCUT2D eigenvalue weighted by molar-refractivity contribution is 0.0644. The first kappa shape index (κ1) is 14.1. The first-order chi connectivity index (χ1) is 8.96. The summed E-state index contributed by atoms with van der Waals surface area (Å²) in [6, 6.07) is 3.32. The number of rotatable bonds is 4. The highest BCUT2D eigenvalue weighted by Gasteiger charge is 2.26. The molecule has 1 aromatic rings. The van der Waals surface area contributed by atoms with Crippen molar-refractivity contribution in [2.45, 2.75) is 12.8 Å². The molecule has 1 aromatic heterocycles. The molecule has 1 saturated heterocycles. The third kappa shape index (κ3) is 4.07. The fourth-order valence-electron chi connectivity index (χ4n) is 2.24. The van der Waals surface area contributed by atoms with Crippen molar-refractivity contribution in [3.05, 3.63) is 24.2 Å². The van der Waals surface area contributed by atoms with Crippen molar-refractivity contribution in [3.8, 4) is 0 Å². The molecule has 0 bridgehead atoms. The van der Waals surface area contributed by atoms with E-state index in [9.17, 15) is 13.2 Å². The first-order valence-corrected chi connectivity index (χ1v) is 8.12. The molecular formula is C12H18N2O4S. The highest BCUT2D eigenvalue weighted by molar-refractivity contribution is 7.88. The van der Waals surface area contributed by atoms with Gasteiger partial charge in [-0.3, -0.25) is 4.79 Å². The monoisotopic (exact) mass is 286 g/mol. The van der Waals surface area contributed by atoms with Gasteiger partial charge in [0.15, 0.2) is 5.76 Å². The third-order valence-electron chi connectivity index (χ3n) is 3.17. The summed E-state index contributed by atoms with van der Waals surface area (Å²) in [4.78, 5) is 13.8. The van der Waals surface area contributed by atoms with Crippen LogP contribution in [-0.4, -0.2) is 45.1 Å². The Bertz CT molecular complexity index is 524. The van der Waals surface area contributed by atoms with E-state index >= 15 is 0 Å². The lowest BCUT2D eigenvalue weighted by atomic mass is 9.98. The number of carbonyl (C=O) groups is 1. The Morgan fingerprint density at radius 3 is 3.00 bits per heavy atom. The molecule has 0 radical (unpaired) electrons. The van der Waals surface area contributed by atoms with E-state index in [0.29, 0.717) is 25.4 Å². The summed E-state index contributed by atoms with van der Waals surface area (Å²) in [5.41, 5.74) is 0. The fourth-order valence-corrected chi connectivity index (χ4v) is 2.78. The molecule has 1 aliphatic heterocycles. The minimum atomic E-state index is -3.18. The van der Waals surface area contributed by atoms with Gasteiger partial charge in [0.25, 0.3) is 5.91 Å². The third-order valence-corrected chi connectivity index (χ3v) is 3.86. The summed E-state index contributed by atoms with van der Waals surface area (Å²) in [6.07, 6.45) is 4.41. The first-order valence-electron chi connectivity index (χ1n) is 6.23. The van der Waals surface area contributed by atoms with Gasteiger partial charge in [0.05, 0.1) is 12.5 Å². The van der Waals surface area contributed by atoms with E-state index in [4.69, 9.17) is 4.42 Å². The average Bonchev–Trinajstić information content (AvgIpc) is 2.89. The number of hydrogen-bond acceptors (Lipinski definition) is 4. The maximum atomic E-state index is 12.1. The Morgan fingerprint density at radius 1 is 1.58 bits per heavy atom.